The standard InChI is InChI=1S/C26H30ClF3N2O3/c1-18(2)13-23(17-35-16-19-5-3-8-22(27)14-19)32-12-11-31(10-9-24(32)33)25(34)20-6-4-7-21(15-20)26(28,29)30/h3-8,14-15,18,23H,9-13,16-17H2,1-2H3/t23-/m0/s1. The summed E-state index contributed by atoms with van der Waals surface area (Å²) in [7, 11) is 0. The number of nitrogens with zero attached hydrogens (tertiary/aromatic N) is 2. The Morgan fingerprint density at radius 3 is 2.51 bits per heavy atom. The topological polar surface area (TPSA) is 49.9 Å². The van der Waals surface area contributed by atoms with Crippen LogP contribution in [0.4, 0.5) is 13.2 Å². The average molecular weight is 511 g/mol. The minimum absolute atomic E-state index is 0.0377. The van der Waals surface area contributed by atoms with E-state index < -0.39 is 17.6 Å². The molecule has 0 aliphatic carbocycles. The van der Waals surface area contributed by atoms with Crippen molar-refractivity contribution in [2.45, 2.75) is 45.5 Å². The highest BCUT2D eigenvalue weighted by atomic mass is 35.5. The summed E-state index contributed by atoms with van der Waals surface area (Å²) in [5.74, 6) is -0.293. The van der Waals surface area contributed by atoms with Crippen molar-refractivity contribution < 1.29 is 27.5 Å². The fraction of sp³-hybridized carbons (Fsp3) is 0.462. The lowest BCUT2D eigenvalue weighted by Crippen LogP contribution is -2.45. The van der Waals surface area contributed by atoms with Gasteiger partial charge in [0.2, 0.25) is 5.91 Å². The number of hydrogen-bond donors (Lipinski definition) is 0. The summed E-state index contributed by atoms with van der Waals surface area (Å²) in [6.07, 6.45) is -3.70. The SMILES string of the molecule is CC(C)C[C@@H](COCc1cccc(Cl)c1)N1CCN(C(=O)c2cccc(C(F)(F)F)c2)CCC1=O. The Morgan fingerprint density at radius 1 is 1.09 bits per heavy atom. The molecule has 0 N–H and O–H groups in total. The van der Waals surface area contributed by atoms with Crippen LogP contribution in [0.15, 0.2) is 48.5 Å². The lowest BCUT2D eigenvalue weighted by molar-refractivity contribution is -0.137. The molecule has 2 aromatic rings. The normalized spacial score (nSPS) is 15.9. The van der Waals surface area contributed by atoms with Crippen molar-refractivity contribution in [1.29, 1.82) is 0 Å². The van der Waals surface area contributed by atoms with Crippen LogP contribution in [0, 0.1) is 5.92 Å². The Bertz CT molecular complexity index is 1030. The molecule has 1 aliphatic rings. The molecule has 2 aromatic carbocycles. The summed E-state index contributed by atoms with van der Waals surface area (Å²) in [6.45, 7) is 5.51. The highest BCUT2D eigenvalue weighted by Crippen LogP contribution is 2.30. The Labute approximate surface area is 208 Å². The Kier molecular flexibility index (Phi) is 9.19. The molecular formula is C26H30ClF3N2O3. The van der Waals surface area contributed by atoms with Gasteiger partial charge in [-0.15, -0.1) is 0 Å². The van der Waals surface area contributed by atoms with Gasteiger partial charge in [-0.3, -0.25) is 9.59 Å². The molecule has 5 nitrogen and oxygen atoms in total. The van der Waals surface area contributed by atoms with Crippen molar-refractivity contribution in [3.63, 3.8) is 0 Å². The lowest BCUT2D eigenvalue weighted by atomic mass is 10.0. The summed E-state index contributed by atoms with van der Waals surface area (Å²) in [5, 5.41) is 0.623. The summed E-state index contributed by atoms with van der Waals surface area (Å²) in [6, 6.07) is 11.6. The fourth-order valence-electron chi connectivity index (χ4n) is 4.21. The number of halogens is 4. The van der Waals surface area contributed by atoms with Crippen LogP contribution < -0.4 is 0 Å². The summed E-state index contributed by atoms with van der Waals surface area (Å²) in [4.78, 5) is 29.1. The summed E-state index contributed by atoms with van der Waals surface area (Å²) >= 11 is 6.03. The zero-order chi connectivity index (χ0) is 25.6. The van der Waals surface area contributed by atoms with Crippen molar-refractivity contribution in [3.05, 3.63) is 70.2 Å². The maximum Gasteiger partial charge on any atom is 0.416 e. The van der Waals surface area contributed by atoms with Gasteiger partial charge in [0.1, 0.15) is 0 Å². The van der Waals surface area contributed by atoms with Gasteiger partial charge in [-0.05, 0) is 48.2 Å². The zero-order valence-electron chi connectivity index (χ0n) is 19.9. The van der Waals surface area contributed by atoms with Gasteiger partial charge >= 0.3 is 6.18 Å². The van der Waals surface area contributed by atoms with Gasteiger partial charge in [-0.25, -0.2) is 0 Å². The number of carbonyl (C=O) groups is 2. The maximum atomic E-state index is 13.1. The number of amides is 2. The molecule has 0 saturated carbocycles. The van der Waals surface area contributed by atoms with Crippen LogP contribution in [0.3, 0.4) is 0 Å². The first-order valence-corrected chi connectivity index (χ1v) is 12.0. The quantitative estimate of drug-likeness (QED) is 0.460. The van der Waals surface area contributed by atoms with Crippen molar-refractivity contribution in [2.24, 2.45) is 5.92 Å². The van der Waals surface area contributed by atoms with Gasteiger partial charge in [-0.1, -0.05) is 43.6 Å². The predicted molar refractivity (Wildman–Crippen MR) is 128 cm³/mol. The fourth-order valence-corrected chi connectivity index (χ4v) is 4.42. The third-order valence-corrected chi connectivity index (χ3v) is 6.14. The van der Waals surface area contributed by atoms with Gasteiger partial charge in [0.25, 0.3) is 5.91 Å². The largest absolute Gasteiger partial charge is 0.416 e. The van der Waals surface area contributed by atoms with Gasteiger partial charge in [-0.2, -0.15) is 13.2 Å². The molecule has 1 aliphatic heterocycles. The molecule has 9 heteroatoms. The Hall–Kier alpha value is -2.58. The minimum Gasteiger partial charge on any atom is -0.375 e. The molecule has 0 spiro atoms. The first-order valence-electron chi connectivity index (χ1n) is 11.6. The van der Waals surface area contributed by atoms with E-state index >= 15 is 0 Å². The summed E-state index contributed by atoms with van der Waals surface area (Å²) in [5.41, 5.74) is 0.0230. The molecule has 3 rings (SSSR count). The third-order valence-electron chi connectivity index (χ3n) is 5.90. The van der Waals surface area contributed by atoms with E-state index in [0.717, 1.165) is 24.1 Å². The molecule has 1 saturated heterocycles. The number of ether oxygens (including phenoxy) is 1. The first-order chi connectivity index (χ1) is 16.5. The number of rotatable bonds is 8. The van der Waals surface area contributed by atoms with E-state index in [2.05, 4.69) is 13.8 Å². The van der Waals surface area contributed by atoms with Crippen molar-refractivity contribution >= 4 is 23.4 Å². The van der Waals surface area contributed by atoms with Gasteiger partial charge in [0, 0.05) is 36.6 Å². The molecule has 0 aromatic heterocycles. The zero-order valence-corrected chi connectivity index (χ0v) is 20.6. The molecule has 0 bridgehead atoms. The number of alkyl halides is 3. The van der Waals surface area contributed by atoms with E-state index in [1.54, 1.807) is 11.0 Å². The minimum atomic E-state index is -4.53. The van der Waals surface area contributed by atoms with E-state index in [0.29, 0.717) is 30.7 Å². The summed E-state index contributed by atoms with van der Waals surface area (Å²) < 4.78 is 45.1. The smallest absolute Gasteiger partial charge is 0.375 e. The second-order valence-corrected chi connectivity index (χ2v) is 9.57. The predicted octanol–water partition coefficient (Wildman–Crippen LogP) is 5.66. The van der Waals surface area contributed by atoms with E-state index in [1.165, 1.54) is 17.0 Å². The molecule has 1 atom stereocenters. The van der Waals surface area contributed by atoms with Crippen molar-refractivity contribution in [3.8, 4) is 0 Å². The number of benzene rings is 2. The molecule has 0 unspecified atom stereocenters. The van der Waals surface area contributed by atoms with Crippen molar-refractivity contribution in [2.75, 3.05) is 26.2 Å². The highest BCUT2D eigenvalue weighted by molar-refractivity contribution is 6.30. The second-order valence-electron chi connectivity index (χ2n) is 9.14. The molecule has 35 heavy (non-hydrogen) atoms. The van der Waals surface area contributed by atoms with Crippen LogP contribution in [0.5, 0.6) is 0 Å². The molecule has 1 fully saturated rings. The average Bonchev–Trinajstić information content (AvgIpc) is 2.99. The van der Waals surface area contributed by atoms with Gasteiger partial charge in [0.15, 0.2) is 0 Å². The molecule has 0 radical (unpaired) electrons. The van der Waals surface area contributed by atoms with E-state index in [4.69, 9.17) is 16.3 Å². The number of carbonyl (C=O) groups excluding carboxylic acids is 2. The van der Waals surface area contributed by atoms with Crippen LogP contribution in [0.25, 0.3) is 0 Å². The van der Waals surface area contributed by atoms with Crippen LogP contribution >= 0.6 is 11.6 Å². The van der Waals surface area contributed by atoms with Crippen LogP contribution in [-0.4, -0.2) is 53.9 Å². The maximum absolute atomic E-state index is 13.1. The highest BCUT2D eigenvalue weighted by Gasteiger charge is 2.33. The monoisotopic (exact) mass is 510 g/mol. The van der Waals surface area contributed by atoms with E-state index in [-0.39, 0.29) is 37.0 Å². The van der Waals surface area contributed by atoms with Crippen LogP contribution in [0.2, 0.25) is 5.02 Å². The van der Waals surface area contributed by atoms with Gasteiger partial charge < -0.3 is 14.5 Å². The van der Waals surface area contributed by atoms with Crippen molar-refractivity contribution in [1.82, 2.24) is 9.80 Å². The van der Waals surface area contributed by atoms with Gasteiger partial charge in [0.05, 0.1) is 24.8 Å². The molecular weight excluding hydrogens is 481 g/mol. The molecule has 2 amide bonds. The van der Waals surface area contributed by atoms with Crippen LogP contribution in [0.1, 0.15) is 48.2 Å². The molecule has 190 valence electrons. The second kappa shape index (κ2) is 11.9. The number of hydrogen-bond acceptors (Lipinski definition) is 3. The molecule has 1 heterocycles. The Balaban J connectivity index is 1.67. The third kappa shape index (κ3) is 7.70. The lowest BCUT2D eigenvalue weighted by Gasteiger charge is -2.32. The van der Waals surface area contributed by atoms with E-state index in [1.807, 2.05) is 18.2 Å². The van der Waals surface area contributed by atoms with E-state index in [9.17, 15) is 22.8 Å². The van der Waals surface area contributed by atoms with Crippen LogP contribution in [-0.2, 0) is 22.3 Å². The Morgan fingerprint density at radius 2 is 1.83 bits per heavy atom. The first kappa shape index (κ1) is 27.0.